The maximum absolute atomic E-state index is 12.2. The van der Waals surface area contributed by atoms with Gasteiger partial charge in [-0.15, -0.1) is 10.2 Å². The molecule has 0 saturated carbocycles. The molecule has 1 fully saturated rings. The number of amides is 1. The van der Waals surface area contributed by atoms with Crippen LogP contribution in [0.5, 0.6) is 0 Å². The third-order valence-electron chi connectivity index (χ3n) is 5.07. The number of hydrazine groups is 1. The Kier molecular flexibility index (Phi) is 6.98. The lowest BCUT2D eigenvalue weighted by Crippen LogP contribution is -2.44. The number of allylic oxidation sites excluding steroid dienone is 3. The molecule has 1 saturated heterocycles. The number of nitrogens with one attached hydrogen (secondary N) is 2. The molecule has 3 rings (SSSR count). The summed E-state index contributed by atoms with van der Waals surface area (Å²) in [4.78, 5) is 15.2. The predicted molar refractivity (Wildman–Crippen MR) is 112 cm³/mol. The van der Waals surface area contributed by atoms with Gasteiger partial charge in [0.05, 0.1) is 11.4 Å². The second kappa shape index (κ2) is 9.43. The number of nitrogens with two attached hydrogens (primary N) is 1. The van der Waals surface area contributed by atoms with E-state index in [9.17, 15) is 4.79 Å². The predicted octanol–water partition coefficient (Wildman–Crippen LogP) is 2.34. The maximum Gasteiger partial charge on any atom is 0.229 e. The minimum absolute atomic E-state index is 0.101. The van der Waals surface area contributed by atoms with Crippen LogP contribution in [0.15, 0.2) is 33.0 Å². The number of carbonyl (C=O) groups is 1. The van der Waals surface area contributed by atoms with Gasteiger partial charge in [-0.3, -0.25) is 10.6 Å². The number of hydrogen-bond donors (Lipinski definition) is 3. The summed E-state index contributed by atoms with van der Waals surface area (Å²) in [6, 6.07) is 0. The summed E-state index contributed by atoms with van der Waals surface area (Å²) in [6.07, 6.45) is 9.47. The number of nitrogens with zero attached hydrogens (tertiary/aromatic N) is 3. The monoisotopic (exact) mass is 408 g/mol. The molecule has 2 heterocycles. The molecule has 2 aliphatic heterocycles. The zero-order chi connectivity index (χ0) is 19.2. The van der Waals surface area contributed by atoms with E-state index >= 15 is 0 Å². The molecule has 27 heavy (non-hydrogen) atoms. The van der Waals surface area contributed by atoms with Crippen molar-refractivity contribution in [2.24, 2.45) is 22.0 Å². The fourth-order valence-corrected chi connectivity index (χ4v) is 3.99. The standard InChI is InChI=1S/C18H25ClN6OS/c19-14-4-2-1-3-13(14)11-17(26)21-15-5-6-16(24-23-15)25-9-7-12(8-10-25)18(27)22-20/h3-4,12H,1-2,5-11,20H2,(H,22,27)(H,21,23,26). The van der Waals surface area contributed by atoms with Crippen molar-refractivity contribution >= 4 is 46.4 Å². The molecule has 0 radical (unpaired) electrons. The fourth-order valence-electron chi connectivity index (χ4n) is 3.51. The van der Waals surface area contributed by atoms with Crippen molar-refractivity contribution in [1.29, 1.82) is 0 Å². The van der Waals surface area contributed by atoms with Crippen LogP contribution >= 0.6 is 23.8 Å². The Morgan fingerprint density at radius 2 is 2.00 bits per heavy atom. The molecule has 0 unspecified atom stereocenters. The first-order chi connectivity index (χ1) is 13.1. The summed E-state index contributed by atoms with van der Waals surface area (Å²) >= 11 is 11.4. The van der Waals surface area contributed by atoms with Crippen molar-refractivity contribution in [3.63, 3.8) is 0 Å². The van der Waals surface area contributed by atoms with E-state index in [1.54, 1.807) is 0 Å². The van der Waals surface area contributed by atoms with E-state index in [-0.39, 0.29) is 12.3 Å². The lowest BCUT2D eigenvalue weighted by Gasteiger charge is -2.34. The van der Waals surface area contributed by atoms with Crippen molar-refractivity contribution in [2.75, 3.05) is 13.1 Å². The zero-order valence-corrected chi connectivity index (χ0v) is 16.8. The molecule has 7 nitrogen and oxygen atoms in total. The number of halogens is 1. The summed E-state index contributed by atoms with van der Waals surface area (Å²) in [5.74, 6) is 7.22. The van der Waals surface area contributed by atoms with E-state index in [0.29, 0.717) is 23.2 Å². The number of piperidine rings is 1. The molecule has 1 aliphatic carbocycles. The number of amidine groups is 2. The van der Waals surface area contributed by atoms with E-state index in [0.717, 1.165) is 61.6 Å². The lowest BCUT2D eigenvalue weighted by atomic mass is 9.96. The average Bonchev–Trinajstić information content (AvgIpc) is 2.70. The molecule has 0 aromatic carbocycles. The molecular weight excluding hydrogens is 384 g/mol. The second-order valence-electron chi connectivity index (χ2n) is 6.92. The minimum Gasteiger partial charge on any atom is -0.358 e. The number of hydrogen-bond acceptors (Lipinski definition) is 6. The Balaban J connectivity index is 1.49. The summed E-state index contributed by atoms with van der Waals surface area (Å²) in [6.45, 7) is 1.78. The van der Waals surface area contributed by atoms with Crippen LogP contribution in [0.25, 0.3) is 0 Å². The molecule has 0 bridgehead atoms. The molecule has 4 N–H and O–H groups in total. The first-order valence-corrected chi connectivity index (χ1v) is 10.1. The van der Waals surface area contributed by atoms with Gasteiger partial charge in [-0.2, -0.15) is 0 Å². The normalized spacial score (nSPS) is 20.9. The van der Waals surface area contributed by atoms with E-state index < -0.39 is 0 Å². The SMILES string of the molecule is NNC(=S)C1CCN(C2=NN=C(NC(=O)CC3=CCCC=C3Cl)CC2)CC1. The molecule has 146 valence electrons. The van der Waals surface area contributed by atoms with Gasteiger partial charge in [0.1, 0.15) is 11.7 Å². The van der Waals surface area contributed by atoms with Crippen LogP contribution in [-0.4, -0.2) is 40.6 Å². The van der Waals surface area contributed by atoms with Crippen LogP contribution in [0.3, 0.4) is 0 Å². The van der Waals surface area contributed by atoms with Crippen molar-refractivity contribution in [3.8, 4) is 0 Å². The number of carbonyl (C=O) groups excluding carboxylic acids is 1. The van der Waals surface area contributed by atoms with Crippen LogP contribution < -0.4 is 16.6 Å². The van der Waals surface area contributed by atoms with Gasteiger partial charge < -0.3 is 15.6 Å². The smallest absolute Gasteiger partial charge is 0.229 e. The highest BCUT2D eigenvalue weighted by molar-refractivity contribution is 7.80. The molecule has 9 heteroatoms. The average molecular weight is 409 g/mol. The summed E-state index contributed by atoms with van der Waals surface area (Å²) in [7, 11) is 0. The molecule has 0 spiro atoms. The van der Waals surface area contributed by atoms with E-state index in [4.69, 9.17) is 29.7 Å². The first kappa shape index (κ1) is 20.0. The highest BCUT2D eigenvalue weighted by Crippen LogP contribution is 2.25. The van der Waals surface area contributed by atoms with Crippen LogP contribution in [0.2, 0.25) is 0 Å². The summed E-state index contributed by atoms with van der Waals surface area (Å²) in [5.41, 5.74) is 3.47. The third-order valence-corrected chi connectivity index (χ3v) is 5.92. The minimum atomic E-state index is -0.101. The van der Waals surface area contributed by atoms with Crippen LogP contribution in [-0.2, 0) is 4.79 Å². The summed E-state index contributed by atoms with van der Waals surface area (Å²) in [5, 5.41) is 12.1. The fraction of sp³-hybridized carbons (Fsp3) is 0.556. The summed E-state index contributed by atoms with van der Waals surface area (Å²) < 4.78 is 0. The molecule has 1 amide bonds. The van der Waals surface area contributed by atoms with Gasteiger partial charge in [-0.05, 0) is 31.3 Å². The Hall–Kier alpha value is -1.77. The van der Waals surface area contributed by atoms with Crippen molar-refractivity contribution < 1.29 is 4.79 Å². The van der Waals surface area contributed by atoms with Gasteiger partial charge in [-0.1, -0.05) is 36.0 Å². The number of thiocarbonyl (C=S) groups is 1. The van der Waals surface area contributed by atoms with Gasteiger partial charge in [0.25, 0.3) is 0 Å². The molecular formula is C18H25ClN6OS. The zero-order valence-electron chi connectivity index (χ0n) is 15.2. The van der Waals surface area contributed by atoms with Gasteiger partial charge in [0.15, 0.2) is 0 Å². The van der Waals surface area contributed by atoms with E-state index in [1.165, 1.54) is 0 Å². The van der Waals surface area contributed by atoms with Crippen LogP contribution in [0.1, 0.15) is 44.9 Å². The van der Waals surface area contributed by atoms with Gasteiger partial charge in [0, 0.05) is 36.9 Å². The first-order valence-electron chi connectivity index (χ1n) is 9.30. The lowest BCUT2D eigenvalue weighted by molar-refractivity contribution is -0.119. The number of rotatable bonds is 3. The number of likely N-dealkylation sites (tertiary alicyclic amines) is 1. The second-order valence-corrected chi connectivity index (χ2v) is 7.76. The van der Waals surface area contributed by atoms with Crippen LogP contribution in [0.4, 0.5) is 0 Å². The molecule has 0 atom stereocenters. The quantitative estimate of drug-likeness (QED) is 0.378. The highest BCUT2D eigenvalue weighted by Gasteiger charge is 2.25. The van der Waals surface area contributed by atoms with Gasteiger partial charge >= 0.3 is 0 Å². The Morgan fingerprint density at radius 3 is 2.63 bits per heavy atom. The van der Waals surface area contributed by atoms with Crippen molar-refractivity contribution in [2.45, 2.75) is 44.9 Å². The molecule has 0 aromatic rings. The van der Waals surface area contributed by atoms with Gasteiger partial charge in [0.2, 0.25) is 5.91 Å². The van der Waals surface area contributed by atoms with Crippen molar-refractivity contribution in [3.05, 3.63) is 22.8 Å². The third kappa shape index (κ3) is 5.37. The Bertz CT molecular complexity index is 721. The topological polar surface area (TPSA) is 95.1 Å². The molecule has 3 aliphatic rings. The van der Waals surface area contributed by atoms with Gasteiger partial charge in [-0.25, -0.2) is 0 Å². The highest BCUT2D eigenvalue weighted by atomic mass is 35.5. The maximum atomic E-state index is 12.2. The Morgan fingerprint density at radius 1 is 1.26 bits per heavy atom. The van der Waals surface area contributed by atoms with Crippen molar-refractivity contribution in [1.82, 2.24) is 15.6 Å². The van der Waals surface area contributed by atoms with E-state index in [2.05, 4.69) is 25.8 Å². The van der Waals surface area contributed by atoms with E-state index in [1.807, 2.05) is 12.2 Å². The molecule has 0 aromatic heterocycles. The van der Waals surface area contributed by atoms with Crippen LogP contribution in [0, 0.1) is 5.92 Å². The largest absolute Gasteiger partial charge is 0.358 e. The Labute approximate surface area is 169 Å².